The number of aromatic nitrogens is 4. The fraction of sp³-hybridized carbons (Fsp3) is 0.133. The van der Waals surface area contributed by atoms with Crippen molar-refractivity contribution >= 4 is 45.6 Å². The van der Waals surface area contributed by atoms with Gasteiger partial charge in [-0.25, -0.2) is 9.97 Å². The van der Waals surface area contributed by atoms with Gasteiger partial charge in [0.25, 0.3) is 0 Å². The number of H-pyrrole nitrogens is 1. The predicted octanol–water partition coefficient (Wildman–Crippen LogP) is 6.79. The van der Waals surface area contributed by atoms with E-state index in [2.05, 4.69) is 32.2 Å². The Morgan fingerprint density at radius 2 is 1.84 bits per heavy atom. The van der Waals surface area contributed by atoms with E-state index in [1.54, 1.807) is 18.6 Å². The lowest BCUT2D eigenvalue weighted by atomic mass is 10.0. The second kappa shape index (κ2) is 9.76. The van der Waals surface area contributed by atoms with Crippen LogP contribution < -0.4 is 10.6 Å². The van der Waals surface area contributed by atoms with Gasteiger partial charge in [0.2, 0.25) is 5.91 Å². The van der Waals surface area contributed by atoms with Crippen LogP contribution in [0.15, 0.2) is 79.8 Å². The Kier molecular flexibility index (Phi) is 6.13. The van der Waals surface area contributed by atoms with Gasteiger partial charge < -0.3 is 15.6 Å². The summed E-state index contributed by atoms with van der Waals surface area (Å²) in [6.07, 6.45) is 7.09. The number of pyridine rings is 2. The van der Waals surface area contributed by atoms with Crippen molar-refractivity contribution in [3.8, 4) is 22.3 Å². The molecule has 6 rings (SSSR count). The number of carbonyl (C=O) groups excluding carboxylic acids is 1. The van der Waals surface area contributed by atoms with Crippen molar-refractivity contribution in [2.45, 2.75) is 12.8 Å². The molecular formula is C30H25ClN6O. The molecule has 1 saturated carbocycles. The minimum absolute atomic E-state index is 0.0451. The number of anilines is 2. The fourth-order valence-corrected chi connectivity index (χ4v) is 4.69. The van der Waals surface area contributed by atoms with Gasteiger partial charge in [-0.05, 0) is 48.7 Å². The standard InChI is InChI=1S/C30H25ClN6O/c1-17(28-36-26-8-4-7-24(27(26)37-28)19-5-3-6-22(31)11-19)25-13-21(15-34-29(25)32-2)20-12-23(16-33-14-20)35-30(38)18-9-10-18/h3-8,11-16,18H,1,9-10H2,2H3,(H,32,34)(H,35,38)(H,36,37). The van der Waals surface area contributed by atoms with E-state index in [4.69, 9.17) is 16.6 Å². The molecule has 0 radical (unpaired) electrons. The summed E-state index contributed by atoms with van der Waals surface area (Å²) in [5.74, 6) is 1.49. The van der Waals surface area contributed by atoms with Gasteiger partial charge in [-0.1, -0.05) is 42.4 Å². The van der Waals surface area contributed by atoms with E-state index in [0.29, 0.717) is 27.9 Å². The minimum atomic E-state index is 0.0451. The van der Waals surface area contributed by atoms with Crippen LogP contribution in [0.4, 0.5) is 11.5 Å². The van der Waals surface area contributed by atoms with Gasteiger partial charge in [0.05, 0.1) is 22.9 Å². The number of amides is 1. The molecule has 0 spiro atoms. The third kappa shape index (κ3) is 4.64. The molecular weight excluding hydrogens is 496 g/mol. The van der Waals surface area contributed by atoms with Gasteiger partial charge >= 0.3 is 0 Å². The molecule has 188 valence electrons. The summed E-state index contributed by atoms with van der Waals surface area (Å²) < 4.78 is 0. The second-order valence-electron chi connectivity index (χ2n) is 9.37. The summed E-state index contributed by atoms with van der Waals surface area (Å²) in [5, 5.41) is 6.79. The second-order valence-corrected chi connectivity index (χ2v) is 9.81. The number of benzene rings is 2. The molecule has 3 N–H and O–H groups in total. The van der Waals surface area contributed by atoms with Crippen LogP contribution in [0.5, 0.6) is 0 Å². The Morgan fingerprint density at radius 1 is 1.03 bits per heavy atom. The normalized spacial score (nSPS) is 12.9. The third-order valence-corrected chi connectivity index (χ3v) is 6.91. The number of nitrogens with one attached hydrogen (secondary N) is 3. The number of para-hydroxylation sites is 1. The van der Waals surface area contributed by atoms with Crippen molar-refractivity contribution in [2.24, 2.45) is 5.92 Å². The Balaban J connectivity index is 1.36. The predicted molar refractivity (Wildman–Crippen MR) is 153 cm³/mol. The highest BCUT2D eigenvalue weighted by Gasteiger charge is 2.29. The Morgan fingerprint density at radius 3 is 2.63 bits per heavy atom. The van der Waals surface area contributed by atoms with Gasteiger partial charge in [0, 0.05) is 58.2 Å². The van der Waals surface area contributed by atoms with Crippen LogP contribution in [0.2, 0.25) is 5.02 Å². The van der Waals surface area contributed by atoms with Crippen molar-refractivity contribution < 1.29 is 4.79 Å². The number of hydrogen-bond acceptors (Lipinski definition) is 5. The highest BCUT2D eigenvalue weighted by Crippen LogP contribution is 2.34. The molecule has 2 aromatic carbocycles. The van der Waals surface area contributed by atoms with Crippen molar-refractivity contribution in [2.75, 3.05) is 17.7 Å². The SMILES string of the molecule is C=C(c1nc2c(-c3cccc(Cl)c3)cccc2[nH]1)c1cc(-c2cncc(NC(=O)C3CC3)c2)cnc1NC. The number of fused-ring (bicyclic) bond motifs is 1. The van der Waals surface area contributed by atoms with E-state index < -0.39 is 0 Å². The molecule has 38 heavy (non-hydrogen) atoms. The average Bonchev–Trinajstić information content (AvgIpc) is 3.70. The maximum absolute atomic E-state index is 12.2. The van der Waals surface area contributed by atoms with E-state index in [9.17, 15) is 4.79 Å². The molecule has 7 nitrogen and oxygen atoms in total. The molecule has 0 bridgehead atoms. The maximum Gasteiger partial charge on any atom is 0.227 e. The van der Waals surface area contributed by atoms with E-state index in [1.165, 1.54) is 0 Å². The van der Waals surface area contributed by atoms with Gasteiger partial charge in [-0.15, -0.1) is 0 Å². The highest BCUT2D eigenvalue weighted by molar-refractivity contribution is 6.30. The molecule has 1 aliphatic rings. The van der Waals surface area contributed by atoms with Crippen LogP contribution >= 0.6 is 11.6 Å². The Bertz CT molecular complexity index is 1700. The van der Waals surface area contributed by atoms with Gasteiger partial charge in [0.15, 0.2) is 0 Å². The fourth-order valence-electron chi connectivity index (χ4n) is 4.50. The molecule has 1 fully saturated rings. The quantitative estimate of drug-likeness (QED) is 0.219. The summed E-state index contributed by atoms with van der Waals surface area (Å²) in [6, 6.07) is 17.7. The van der Waals surface area contributed by atoms with Gasteiger partial charge in [-0.3, -0.25) is 9.78 Å². The van der Waals surface area contributed by atoms with Crippen LogP contribution in [0.25, 0.3) is 38.9 Å². The molecule has 1 amide bonds. The monoisotopic (exact) mass is 520 g/mol. The number of rotatable bonds is 7. The summed E-state index contributed by atoms with van der Waals surface area (Å²) in [4.78, 5) is 29.5. The lowest BCUT2D eigenvalue weighted by Crippen LogP contribution is -2.13. The minimum Gasteiger partial charge on any atom is -0.373 e. The van der Waals surface area contributed by atoms with Crippen LogP contribution in [0, 0.1) is 5.92 Å². The Hall–Kier alpha value is -4.49. The topological polar surface area (TPSA) is 95.6 Å². The van der Waals surface area contributed by atoms with E-state index in [0.717, 1.165) is 51.7 Å². The van der Waals surface area contributed by atoms with E-state index >= 15 is 0 Å². The van der Waals surface area contributed by atoms with Gasteiger partial charge in [-0.2, -0.15) is 0 Å². The van der Waals surface area contributed by atoms with Crippen LogP contribution in [0.3, 0.4) is 0 Å². The number of hydrogen-bond donors (Lipinski definition) is 3. The lowest BCUT2D eigenvalue weighted by Gasteiger charge is -2.12. The van der Waals surface area contributed by atoms with Crippen molar-refractivity contribution in [3.63, 3.8) is 0 Å². The average molecular weight is 521 g/mol. The number of imidazole rings is 1. The first-order valence-corrected chi connectivity index (χ1v) is 12.8. The molecule has 8 heteroatoms. The van der Waals surface area contributed by atoms with E-state index in [-0.39, 0.29) is 11.8 Å². The first kappa shape index (κ1) is 23.9. The highest BCUT2D eigenvalue weighted by atomic mass is 35.5. The molecule has 1 aliphatic carbocycles. The van der Waals surface area contributed by atoms with Crippen LogP contribution in [0.1, 0.15) is 24.2 Å². The largest absolute Gasteiger partial charge is 0.373 e. The lowest BCUT2D eigenvalue weighted by molar-refractivity contribution is -0.117. The number of aromatic amines is 1. The smallest absolute Gasteiger partial charge is 0.227 e. The summed E-state index contributed by atoms with van der Waals surface area (Å²) in [7, 11) is 1.82. The maximum atomic E-state index is 12.2. The summed E-state index contributed by atoms with van der Waals surface area (Å²) >= 11 is 6.25. The van der Waals surface area contributed by atoms with E-state index in [1.807, 2.05) is 61.6 Å². The van der Waals surface area contributed by atoms with Crippen LogP contribution in [-0.2, 0) is 4.79 Å². The van der Waals surface area contributed by atoms with Gasteiger partial charge in [0.1, 0.15) is 11.6 Å². The first-order chi connectivity index (χ1) is 18.5. The molecule has 5 aromatic rings. The molecule has 0 unspecified atom stereocenters. The number of carbonyl (C=O) groups is 1. The number of halogens is 1. The third-order valence-electron chi connectivity index (χ3n) is 6.67. The number of nitrogens with zero attached hydrogens (tertiary/aromatic N) is 3. The molecule has 3 aromatic heterocycles. The Labute approximate surface area is 225 Å². The van der Waals surface area contributed by atoms with Crippen molar-refractivity contribution in [1.82, 2.24) is 19.9 Å². The van der Waals surface area contributed by atoms with Crippen LogP contribution in [-0.4, -0.2) is 32.9 Å². The summed E-state index contributed by atoms with van der Waals surface area (Å²) in [5.41, 5.74) is 7.58. The zero-order valence-corrected chi connectivity index (χ0v) is 21.5. The molecule has 0 atom stereocenters. The summed E-state index contributed by atoms with van der Waals surface area (Å²) in [6.45, 7) is 4.37. The zero-order chi connectivity index (χ0) is 26.2. The van der Waals surface area contributed by atoms with Crippen molar-refractivity contribution in [1.29, 1.82) is 0 Å². The van der Waals surface area contributed by atoms with Crippen molar-refractivity contribution in [3.05, 3.63) is 96.2 Å². The zero-order valence-electron chi connectivity index (χ0n) is 20.8. The molecule has 0 saturated heterocycles. The molecule has 0 aliphatic heterocycles. The first-order valence-electron chi connectivity index (χ1n) is 12.4. The molecule has 3 heterocycles.